The third-order valence-electron chi connectivity index (χ3n) is 3.73. The highest BCUT2D eigenvalue weighted by Gasteiger charge is 2.17. The van der Waals surface area contributed by atoms with Crippen LogP contribution in [0.25, 0.3) is 11.3 Å². The maximum atomic E-state index is 12.3. The van der Waals surface area contributed by atoms with Crippen molar-refractivity contribution in [3.63, 3.8) is 0 Å². The zero-order valence-electron chi connectivity index (χ0n) is 15.2. The van der Waals surface area contributed by atoms with Crippen LogP contribution in [0.15, 0.2) is 53.9 Å². The van der Waals surface area contributed by atoms with E-state index >= 15 is 0 Å². The molecule has 144 valence electrons. The van der Waals surface area contributed by atoms with Gasteiger partial charge in [-0.1, -0.05) is 23.7 Å². The average Bonchev–Trinajstić information content (AvgIpc) is 3.12. The van der Waals surface area contributed by atoms with E-state index in [1.165, 1.54) is 18.3 Å². The Bertz CT molecular complexity index is 971. The number of aromatic nitrogens is 1. The molecule has 3 aromatic rings. The van der Waals surface area contributed by atoms with E-state index in [1.807, 2.05) is 17.5 Å². The molecule has 1 heterocycles. The largest absolute Gasteiger partial charge is 0.481 e. The minimum atomic E-state index is -0.689. The Hall–Kier alpha value is -2.90. The van der Waals surface area contributed by atoms with Crippen molar-refractivity contribution >= 4 is 45.6 Å². The van der Waals surface area contributed by atoms with Crippen LogP contribution in [-0.2, 0) is 9.59 Å². The second-order valence-corrected chi connectivity index (χ2v) is 7.29. The fourth-order valence-electron chi connectivity index (χ4n) is 2.37. The van der Waals surface area contributed by atoms with Gasteiger partial charge in [0.1, 0.15) is 5.75 Å². The Morgan fingerprint density at radius 1 is 1.07 bits per heavy atom. The summed E-state index contributed by atoms with van der Waals surface area (Å²) in [5, 5.41) is 8.42. The lowest BCUT2D eigenvalue weighted by molar-refractivity contribution is -0.122. The highest BCUT2D eigenvalue weighted by molar-refractivity contribution is 7.14. The number of benzene rings is 2. The maximum absolute atomic E-state index is 12.3. The van der Waals surface area contributed by atoms with Gasteiger partial charge in [0.15, 0.2) is 11.2 Å². The molecule has 0 unspecified atom stereocenters. The lowest BCUT2D eigenvalue weighted by Gasteiger charge is -2.13. The molecule has 1 aromatic heterocycles. The van der Waals surface area contributed by atoms with E-state index in [4.69, 9.17) is 16.3 Å². The van der Waals surface area contributed by atoms with Gasteiger partial charge in [0.2, 0.25) is 5.91 Å². The Morgan fingerprint density at radius 2 is 1.75 bits per heavy atom. The van der Waals surface area contributed by atoms with E-state index in [0.717, 1.165) is 11.3 Å². The second-order valence-electron chi connectivity index (χ2n) is 6.00. The van der Waals surface area contributed by atoms with Crippen molar-refractivity contribution in [3.05, 3.63) is 58.9 Å². The molecule has 2 amide bonds. The Morgan fingerprint density at radius 3 is 2.39 bits per heavy atom. The van der Waals surface area contributed by atoms with Crippen LogP contribution in [0.5, 0.6) is 5.75 Å². The Balaban J connectivity index is 1.61. The molecule has 0 saturated carbocycles. The van der Waals surface area contributed by atoms with Crippen molar-refractivity contribution in [1.82, 2.24) is 4.98 Å². The quantitative estimate of drug-likeness (QED) is 0.604. The molecule has 0 bridgehead atoms. The van der Waals surface area contributed by atoms with E-state index in [0.29, 0.717) is 21.6 Å². The molecule has 28 heavy (non-hydrogen) atoms. The first kappa shape index (κ1) is 19.9. The van der Waals surface area contributed by atoms with Gasteiger partial charge in [-0.3, -0.25) is 14.9 Å². The molecule has 8 heteroatoms. The van der Waals surface area contributed by atoms with Crippen molar-refractivity contribution in [2.45, 2.75) is 20.0 Å². The number of carbonyl (C=O) groups excluding carboxylic acids is 2. The number of rotatable bonds is 6. The van der Waals surface area contributed by atoms with E-state index < -0.39 is 6.10 Å². The molecule has 0 aliphatic heterocycles. The van der Waals surface area contributed by atoms with E-state index in [9.17, 15) is 9.59 Å². The first-order valence-electron chi connectivity index (χ1n) is 8.47. The number of hydrogen-bond donors (Lipinski definition) is 2. The highest BCUT2D eigenvalue weighted by atomic mass is 35.5. The van der Waals surface area contributed by atoms with Gasteiger partial charge in [-0.15, -0.1) is 11.3 Å². The summed E-state index contributed by atoms with van der Waals surface area (Å²) < 4.78 is 5.61. The van der Waals surface area contributed by atoms with E-state index in [1.54, 1.807) is 43.3 Å². The predicted molar refractivity (Wildman–Crippen MR) is 112 cm³/mol. The van der Waals surface area contributed by atoms with Gasteiger partial charge >= 0.3 is 0 Å². The summed E-state index contributed by atoms with van der Waals surface area (Å²) in [6, 6.07) is 14.1. The summed E-state index contributed by atoms with van der Waals surface area (Å²) in [6.45, 7) is 3.13. The van der Waals surface area contributed by atoms with Crippen molar-refractivity contribution in [1.29, 1.82) is 0 Å². The summed E-state index contributed by atoms with van der Waals surface area (Å²) in [5.41, 5.74) is 2.34. The molecule has 6 nitrogen and oxygen atoms in total. The van der Waals surface area contributed by atoms with Crippen molar-refractivity contribution in [3.8, 4) is 17.0 Å². The standard InChI is InChI=1S/C20H18ClN3O3S/c1-12(27-17-9-5-15(21)6-10-17)19(26)24-20-23-18(11-28-20)14-3-7-16(8-4-14)22-13(2)25/h3-12H,1-2H3,(H,22,25)(H,23,24,26)/t12-/m1/s1. The second kappa shape index (κ2) is 8.86. The van der Waals surface area contributed by atoms with E-state index in [-0.39, 0.29) is 11.8 Å². The summed E-state index contributed by atoms with van der Waals surface area (Å²) >= 11 is 7.17. The van der Waals surface area contributed by atoms with Gasteiger partial charge in [0.05, 0.1) is 5.69 Å². The fourth-order valence-corrected chi connectivity index (χ4v) is 3.22. The van der Waals surface area contributed by atoms with Crippen LogP contribution in [0.2, 0.25) is 5.02 Å². The molecule has 0 spiro atoms. The lowest BCUT2D eigenvalue weighted by Crippen LogP contribution is -2.30. The average molecular weight is 416 g/mol. The molecule has 0 aliphatic rings. The summed E-state index contributed by atoms with van der Waals surface area (Å²) in [5.74, 6) is 0.143. The van der Waals surface area contributed by atoms with Gasteiger partial charge in [0, 0.05) is 28.6 Å². The van der Waals surface area contributed by atoms with Crippen LogP contribution >= 0.6 is 22.9 Å². The van der Waals surface area contributed by atoms with Crippen molar-refractivity contribution < 1.29 is 14.3 Å². The number of nitrogens with one attached hydrogen (secondary N) is 2. The van der Waals surface area contributed by atoms with Crippen LogP contribution in [0, 0.1) is 0 Å². The van der Waals surface area contributed by atoms with Crippen LogP contribution in [0.1, 0.15) is 13.8 Å². The molecular weight excluding hydrogens is 398 g/mol. The minimum absolute atomic E-state index is 0.124. The van der Waals surface area contributed by atoms with Gasteiger partial charge in [-0.2, -0.15) is 0 Å². The molecule has 2 aromatic carbocycles. The molecule has 0 fully saturated rings. The molecule has 1 atom stereocenters. The predicted octanol–water partition coefficient (Wildman–Crippen LogP) is 4.83. The van der Waals surface area contributed by atoms with E-state index in [2.05, 4.69) is 15.6 Å². The van der Waals surface area contributed by atoms with Gasteiger partial charge in [-0.05, 0) is 43.3 Å². The zero-order valence-corrected chi connectivity index (χ0v) is 16.8. The fraction of sp³-hybridized carbons (Fsp3) is 0.150. The number of carbonyl (C=O) groups is 2. The number of thiazole rings is 1. The maximum Gasteiger partial charge on any atom is 0.266 e. The smallest absolute Gasteiger partial charge is 0.266 e. The molecular formula is C20H18ClN3O3S. The monoisotopic (exact) mass is 415 g/mol. The summed E-state index contributed by atoms with van der Waals surface area (Å²) in [6.07, 6.45) is -0.689. The van der Waals surface area contributed by atoms with Crippen molar-refractivity contribution in [2.24, 2.45) is 0 Å². The number of anilines is 2. The van der Waals surface area contributed by atoms with Crippen LogP contribution in [0.4, 0.5) is 10.8 Å². The zero-order chi connectivity index (χ0) is 20.1. The van der Waals surface area contributed by atoms with Gasteiger partial charge in [-0.25, -0.2) is 4.98 Å². The minimum Gasteiger partial charge on any atom is -0.481 e. The number of nitrogens with zero attached hydrogens (tertiary/aromatic N) is 1. The third-order valence-corrected chi connectivity index (χ3v) is 4.74. The molecule has 0 radical (unpaired) electrons. The number of amides is 2. The molecule has 2 N–H and O–H groups in total. The topological polar surface area (TPSA) is 80.3 Å². The number of halogens is 1. The number of hydrogen-bond acceptors (Lipinski definition) is 5. The van der Waals surface area contributed by atoms with Crippen LogP contribution in [-0.4, -0.2) is 22.9 Å². The molecule has 3 rings (SSSR count). The molecule has 0 aliphatic carbocycles. The first-order valence-corrected chi connectivity index (χ1v) is 9.73. The third kappa shape index (κ3) is 5.31. The van der Waals surface area contributed by atoms with Gasteiger partial charge < -0.3 is 10.1 Å². The Kier molecular flexibility index (Phi) is 6.28. The SMILES string of the molecule is CC(=O)Nc1ccc(-c2csc(NC(=O)[C@@H](C)Oc3ccc(Cl)cc3)n2)cc1. The summed E-state index contributed by atoms with van der Waals surface area (Å²) in [7, 11) is 0. The normalized spacial score (nSPS) is 11.5. The van der Waals surface area contributed by atoms with Gasteiger partial charge in [0.25, 0.3) is 5.91 Å². The first-order chi connectivity index (χ1) is 13.4. The number of ether oxygens (including phenoxy) is 1. The van der Waals surface area contributed by atoms with Crippen molar-refractivity contribution in [2.75, 3.05) is 10.6 Å². The van der Waals surface area contributed by atoms with Crippen LogP contribution in [0.3, 0.4) is 0 Å². The van der Waals surface area contributed by atoms with Crippen LogP contribution < -0.4 is 15.4 Å². The lowest BCUT2D eigenvalue weighted by atomic mass is 10.1. The summed E-state index contributed by atoms with van der Waals surface area (Å²) in [4.78, 5) is 27.9. The molecule has 0 saturated heterocycles. The Labute approximate surface area is 171 Å². The highest BCUT2D eigenvalue weighted by Crippen LogP contribution is 2.26.